The highest BCUT2D eigenvalue weighted by Gasteiger charge is 2.14. The Hall–Kier alpha value is -4.26. The Labute approximate surface area is 179 Å². The van der Waals surface area contributed by atoms with Gasteiger partial charge in [-0.3, -0.25) is 9.78 Å². The van der Waals surface area contributed by atoms with Gasteiger partial charge in [-0.05, 0) is 43.3 Å². The van der Waals surface area contributed by atoms with Crippen LogP contribution >= 0.6 is 0 Å². The van der Waals surface area contributed by atoms with E-state index in [2.05, 4.69) is 20.5 Å². The lowest BCUT2D eigenvalue weighted by atomic mass is 10.0. The maximum absolute atomic E-state index is 13.0. The second kappa shape index (κ2) is 8.62. The Morgan fingerprint density at radius 3 is 2.65 bits per heavy atom. The molecule has 2 heterocycles. The summed E-state index contributed by atoms with van der Waals surface area (Å²) < 4.78 is 5.09. The molecule has 7 nitrogen and oxygen atoms in total. The van der Waals surface area contributed by atoms with Gasteiger partial charge in [0.05, 0.1) is 29.6 Å². The highest BCUT2D eigenvalue weighted by Crippen LogP contribution is 2.25. The van der Waals surface area contributed by atoms with E-state index in [1.165, 1.54) is 13.2 Å². The molecule has 154 valence electrons. The van der Waals surface area contributed by atoms with Crippen molar-refractivity contribution in [2.24, 2.45) is 5.10 Å². The van der Waals surface area contributed by atoms with Crippen molar-refractivity contribution in [3.05, 3.63) is 84.2 Å². The van der Waals surface area contributed by atoms with Crippen molar-refractivity contribution in [1.29, 1.82) is 0 Å². The monoisotopic (exact) mass is 412 g/mol. The largest absolute Gasteiger partial charge is 0.507 e. The van der Waals surface area contributed by atoms with Crippen molar-refractivity contribution in [3.8, 4) is 22.8 Å². The number of ether oxygens (including phenoxy) is 1. The molecule has 1 amide bonds. The van der Waals surface area contributed by atoms with Gasteiger partial charge in [0.2, 0.25) is 0 Å². The van der Waals surface area contributed by atoms with E-state index in [1.54, 1.807) is 37.5 Å². The average molecular weight is 412 g/mol. The molecule has 0 fully saturated rings. The van der Waals surface area contributed by atoms with Gasteiger partial charge in [0.1, 0.15) is 11.5 Å². The van der Waals surface area contributed by atoms with E-state index >= 15 is 0 Å². The van der Waals surface area contributed by atoms with E-state index in [4.69, 9.17) is 4.74 Å². The van der Waals surface area contributed by atoms with Crippen LogP contribution in [0.15, 0.2) is 78.2 Å². The number of carbonyl (C=O) groups is 1. The molecule has 0 spiro atoms. The number of phenolic OH excluding ortho intramolecular Hbond substituents is 1. The number of nitrogens with one attached hydrogen (secondary N) is 1. The molecule has 0 saturated carbocycles. The molecule has 0 bridgehead atoms. The summed E-state index contributed by atoms with van der Waals surface area (Å²) in [5.41, 5.74) is 6.14. The van der Waals surface area contributed by atoms with E-state index in [-0.39, 0.29) is 11.7 Å². The van der Waals surface area contributed by atoms with Crippen molar-refractivity contribution < 1.29 is 14.6 Å². The van der Waals surface area contributed by atoms with Crippen LogP contribution in [-0.2, 0) is 0 Å². The summed E-state index contributed by atoms with van der Waals surface area (Å²) >= 11 is 0. The minimum Gasteiger partial charge on any atom is -0.507 e. The normalized spacial score (nSPS) is 11.4. The molecule has 4 rings (SSSR count). The third-order valence-corrected chi connectivity index (χ3v) is 4.84. The van der Waals surface area contributed by atoms with Crippen LogP contribution in [0.3, 0.4) is 0 Å². The minimum atomic E-state index is -0.379. The summed E-state index contributed by atoms with van der Waals surface area (Å²) in [6, 6.07) is 17.8. The van der Waals surface area contributed by atoms with Gasteiger partial charge in [-0.1, -0.05) is 18.2 Å². The number of hydrogen-bond acceptors (Lipinski definition) is 6. The maximum Gasteiger partial charge on any atom is 0.272 e. The molecule has 0 radical (unpaired) electrons. The van der Waals surface area contributed by atoms with E-state index in [0.717, 1.165) is 5.56 Å². The van der Waals surface area contributed by atoms with Crippen LogP contribution in [0.2, 0.25) is 0 Å². The first-order valence-corrected chi connectivity index (χ1v) is 9.59. The average Bonchev–Trinajstić information content (AvgIpc) is 2.82. The molecule has 0 unspecified atom stereocenters. The number of methoxy groups -OCH3 is 1. The third-order valence-electron chi connectivity index (χ3n) is 4.84. The van der Waals surface area contributed by atoms with Gasteiger partial charge in [-0.15, -0.1) is 0 Å². The van der Waals surface area contributed by atoms with Crippen LogP contribution in [0.4, 0.5) is 0 Å². The van der Waals surface area contributed by atoms with Crippen LogP contribution in [0.1, 0.15) is 22.8 Å². The van der Waals surface area contributed by atoms with E-state index < -0.39 is 0 Å². The Morgan fingerprint density at radius 1 is 1.06 bits per heavy atom. The SMILES string of the molecule is COc1ccc(/C(C)=N/NC(=O)c2cc(-c3cccnc3)nc3ccccc23)c(O)c1. The molecule has 0 aliphatic rings. The maximum atomic E-state index is 13.0. The van der Waals surface area contributed by atoms with Crippen molar-refractivity contribution >= 4 is 22.5 Å². The number of pyridine rings is 2. The van der Waals surface area contributed by atoms with Gasteiger partial charge in [-0.25, -0.2) is 10.4 Å². The number of phenols is 1. The molecule has 4 aromatic rings. The summed E-state index contributed by atoms with van der Waals surface area (Å²) in [5, 5.41) is 15.1. The van der Waals surface area contributed by atoms with Crippen molar-refractivity contribution in [2.75, 3.05) is 7.11 Å². The van der Waals surface area contributed by atoms with E-state index in [9.17, 15) is 9.90 Å². The third kappa shape index (κ3) is 4.20. The summed E-state index contributed by atoms with van der Waals surface area (Å²) in [6.07, 6.45) is 3.39. The van der Waals surface area contributed by atoms with Gasteiger partial charge in [0, 0.05) is 35.0 Å². The summed E-state index contributed by atoms with van der Waals surface area (Å²) in [7, 11) is 1.52. The zero-order chi connectivity index (χ0) is 21.8. The predicted molar refractivity (Wildman–Crippen MR) is 119 cm³/mol. The Balaban J connectivity index is 1.68. The fourth-order valence-corrected chi connectivity index (χ4v) is 3.22. The van der Waals surface area contributed by atoms with Gasteiger partial charge in [0.15, 0.2) is 0 Å². The summed E-state index contributed by atoms with van der Waals surface area (Å²) in [4.78, 5) is 21.8. The van der Waals surface area contributed by atoms with Gasteiger partial charge < -0.3 is 9.84 Å². The lowest BCUT2D eigenvalue weighted by Gasteiger charge is -2.10. The Kier molecular flexibility index (Phi) is 5.57. The first kappa shape index (κ1) is 20.0. The number of aromatic nitrogens is 2. The minimum absolute atomic E-state index is 0.0167. The number of hydrogen-bond donors (Lipinski definition) is 2. The number of carbonyl (C=O) groups excluding carboxylic acids is 1. The van der Waals surface area contributed by atoms with E-state index in [1.807, 2.05) is 36.4 Å². The fourth-order valence-electron chi connectivity index (χ4n) is 3.22. The Morgan fingerprint density at radius 2 is 1.90 bits per heavy atom. The number of para-hydroxylation sites is 1. The lowest BCUT2D eigenvalue weighted by molar-refractivity contribution is 0.0956. The lowest BCUT2D eigenvalue weighted by Crippen LogP contribution is -2.20. The molecular weight excluding hydrogens is 392 g/mol. The summed E-state index contributed by atoms with van der Waals surface area (Å²) in [5.74, 6) is 0.170. The number of aromatic hydroxyl groups is 1. The van der Waals surface area contributed by atoms with Gasteiger partial charge in [-0.2, -0.15) is 5.10 Å². The molecule has 0 atom stereocenters. The number of nitrogens with zero attached hydrogens (tertiary/aromatic N) is 3. The van der Waals surface area contributed by atoms with Gasteiger partial charge >= 0.3 is 0 Å². The van der Waals surface area contributed by atoms with Crippen molar-refractivity contribution in [2.45, 2.75) is 6.92 Å². The number of rotatable bonds is 5. The number of hydrazone groups is 1. The molecule has 0 saturated heterocycles. The quantitative estimate of drug-likeness (QED) is 0.379. The molecule has 31 heavy (non-hydrogen) atoms. The molecule has 0 aliphatic heterocycles. The van der Waals surface area contributed by atoms with Crippen molar-refractivity contribution in [1.82, 2.24) is 15.4 Å². The first-order chi connectivity index (χ1) is 15.1. The van der Waals surface area contributed by atoms with Crippen LogP contribution in [0, 0.1) is 0 Å². The van der Waals surface area contributed by atoms with Crippen molar-refractivity contribution in [3.63, 3.8) is 0 Å². The first-order valence-electron chi connectivity index (χ1n) is 9.59. The number of benzene rings is 2. The van der Waals surface area contributed by atoms with E-state index in [0.29, 0.717) is 39.2 Å². The number of amides is 1. The highest BCUT2D eigenvalue weighted by atomic mass is 16.5. The van der Waals surface area contributed by atoms with Gasteiger partial charge in [0.25, 0.3) is 5.91 Å². The molecule has 0 aliphatic carbocycles. The topological polar surface area (TPSA) is 96.7 Å². The Bertz CT molecular complexity index is 1290. The second-order valence-electron chi connectivity index (χ2n) is 6.84. The predicted octanol–water partition coefficient (Wildman–Crippen LogP) is 4.17. The zero-order valence-electron chi connectivity index (χ0n) is 17.0. The zero-order valence-corrected chi connectivity index (χ0v) is 17.0. The number of fused-ring (bicyclic) bond motifs is 1. The van der Waals surface area contributed by atoms with Crippen LogP contribution in [0.5, 0.6) is 11.5 Å². The molecular formula is C24H20N4O3. The highest BCUT2D eigenvalue weighted by molar-refractivity contribution is 6.08. The van der Waals surface area contributed by atoms with Crippen LogP contribution in [-0.4, -0.2) is 33.8 Å². The molecule has 7 heteroatoms. The standard InChI is InChI=1S/C24H20N4O3/c1-15(18-10-9-17(31-2)12-23(18)29)27-28-24(30)20-13-22(16-6-5-11-25-14-16)26-21-8-4-3-7-19(20)21/h3-14,29H,1-2H3,(H,28,30)/b27-15+. The fraction of sp³-hybridized carbons (Fsp3) is 0.0833. The van der Waals surface area contributed by atoms with Crippen LogP contribution < -0.4 is 10.2 Å². The van der Waals surface area contributed by atoms with Crippen LogP contribution in [0.25, 0.3) is 22.2 Å². The molecule has 2 N–H and O–H groups in total. The molecule has 2 aromatic carbocycles. The smallest absolute Gasteiger partial charge is 0.272 e. The molecule has 2 aromatic heterocycles. The summed E-state index contributed by atoms with van der Waals surface area (Å²) in [6.45, 7) is 1.70. The second-order valence-corrected chi connectivity index (χ2v) is 6.84.